The van der Waals surface area contributed by atoms with Crippen molar-refractivity contribution >= 4 is 28.3 Å². The van der Waals surface area contributed by atoms with Crippen LogP contribution in [0.25, 0.3) is 10.8 Å². The summed E-state index contributed by atoms with van der Waals surface area (Å²) in [5.74, 6) is -1.75. The molecule has 4 N–H and O–H groups in total. The number of nitrogens with one attached hydrogen (secondary N) is 1. The minimum absolute atomic E-state index is 0.240. The number of nitrogens with two attached hydrogens (primary N) is 1. The summed E-state index contributed by atoms with van der Waals surface area (Å²) in [7, 11) is 0. The van der Waals surface area contributed by atoms with Crippen LogP contribution in [0.2, 0.25) is 0 Å². The van der Waals surface area contributed by atoms with Crippen molar-refractivity contribution in [2.24, 2.45) is 0 Å². The van der Waals surface area contributed by atoms with Gasteiger partial charge < -0.3 is 10.8 Å². The normalized spacial score (nSPS) is 10.3. The van der Waals surface area contributed by atoms with E-state index < -0.39 is 18.5 Å². The van der Waals surface area contributed by atoms with Gasteiger partial charge in [-0.15, -0.1) is 0 Å². The van der Waals surface area contributed by atoms with Gasteiger partial charge in [-0.1, -0.05) is 24.3 Å². The quantitative estimate of drug-likeness (QED) is 0.565. The van der Waals surface area contributed by atoms with E-state index in [2.05, 4.69) is 4.84 Å². The molecule has 6 nitrogen and oxygen atoms in total. The molecule has 0 atom stereocenters. The lowest BCUT2D eigenvalue weighted by Gasteiger charge is -2.08. The SMILES string of the molecule is Nc1cc2ccccc2cc1C(=O)NOCC(=O)O. The van der Waals surface area contributed by atoms with Crippen LogP contribution in [0, 0.1) is 0 Å². The molecule has 0 bridgehead atoms. The van der Waals surface area contributed by atoms with Crippen molar-refractivity contribution in [1.29, 1.82) is 0 Å². The lowest BCUT2D eigenvalue weighted by Crippen LogP contribution is -2.27. The maximum Gasteiger partial charge on any atom is 0.332 e. The summed E-state index contributed by atoms with van der Waals surface area (Å²) < 4.78 is 0. The molecule has 2 aromatic rings. The fourth-order valence-electron chi connectivity index (χ4n) is 1.67. The van der Waals surface area contributed by atoms with E-state index in [0.29, 0.717) is 5.69 Å². The minimum Gasteiger partial charge on any atom is -0.479 e. The monoisotopic (exact) mass is 260 g/mol. The van der Waals surface area contributed by atoms with Crippen molar-refractivity contribution in [2.75, 3.05) is 12.3 Å². The molecule has 0 saturated heterocycles. The molecule has 0 saturated carbocycles. The Bertz CT molecular complexity index is 640. The van der Waals surface area contributed by atoms with Gasteiger partial charge in [0, 0.05) is 5.69 Å². The fourth-order valence-corrected chi connectivity index (χ4v) is 1.67. The van der Waals surface area contributed by atoms with Crippen molar-refractivity contribution in [3.63, 3.8) is 0 Å². The van der Waals surface area contributed by atoms with E-state index in [1.807, 2.05) is 29.7 Å². The predicted octanol–water partition coefficient (Wildman–Crippen LogP) is 1.17. The first-order valence-electron chi connectivity index (χ1n) is 5.50. The van der Waals surface area contributed by atoms with Gasteiger partial charge in [-0.25, -0.2) is 10.3 Å². The largest absolute Gasteiger partial charge is 0.479 e. The zero-order chi connectivity index (χ0) is 13.8. The molecule has 98 valence electrons. The van der Waals surface area contributed by atoms with Crippen molar-refractivity contribution < 1.29 is 19.5 Å². The molecule has 0 aliphatic heterocycles. The Morgan fingerprint density at radius 3 is 2.47 bits per heavy atom. The Balaban J connectivity index is 2.21. The summed E-state index contributed by atoms with van der Waals surface area (Å²) in [6.45, 7) is -0.612. The molecule has 0 spiro atoms. The fraction of sp³-hybridized carbons (Fsp3) is 0.0769. The number of aliphatic carboxylic acids is 1. The van der Waals surface area contributed by atoms with Crippen LogP contribution in [0.5, 0.6) is 0 Å². The number of carboxylic acid groups (broad SMARTS) is 1. The first-order chi connectivity index (χ1) is 9.08. The molecule has 2 aromatic carbocycles. The number of anilines is 1. The van der Waals surface area contributed by atoms with Gasteiger partial charge >= 0.3 is 5.97 Å². The van der Waals surface area contributed by atoms with E-state index in [0.717, 1.165) is 10.8 Å². The van der Waals surface area contributed by atoms with E-state index >= 15 is 0 Å². The Morgan fingerprint density at radius 2 is 1.84 bits per heavy atom. The summed E-state index contributed by atoms with van der Waals surface area (Å²) in [6.07, 6.45) is 0. The van der Waals surface area contributed by atoms with Crippen molar-refractivity contribution in [3.05, 3.63) is 42.0 Å². The number of amides is 1. The number of hydroxylamine groups is 1. The second-order valence-electron chi connectivity index (χ2n) is 3.90. The van der Waals surface area contributed by atoms with Gasteiger partial charge in [-0.2, -0.15) is 0 Å². The Morgan fingerprint density at radius 1 is 1.21 bits per heavy atom. The summed E-state index contributed by atoms with van der Waals surface area (Å²) in [4.78, 5) is 26.6. The second kappa shape index (κ2) is 5.36. The van der Waals surface area contributed by atoms with E-state index in [1.54, 1.807) is 12.1 Å². The third kappa shape index (κ3) is 2.99. The molecule has 0 radical (unpaired) electrons. The maximum atomic E-state index is 11.8. The third-order valence-electron chi connectivity index (χ3n) is 2.52. The Hall–Kier alpha value is -2.60. The molecule has 0 aromatic heterocycles. The predicted molar refractivity (Wildman–Crippen MR) is 69.4 cm³/mol. The molecular formula is C13H12N2O4. The van der Waals surface area contributed by atoms with E-state index in [1.165, 1.54) is 0 Å². The van der Waals surface area contributed by atoms with Gasteiger partial charge in [0.05, 0.1) is 5.56 Å². The van der Waals surface area contributed by atoms with Crippen molar-refractivity contribution in [3.8, 4) is 0 Å². The lowest BCUT2D eigenvalue weighted by atomic mass is 10.0. The number of fused-ring (bicyclic) bond motifs is 1. The molecule has 2 rings (SSSR count). The highest BCUT2D eigenvalue weighted by Crippen LogP contribution is 2.21. The van der Waals surface area contributed by atoms with Crippen molar-refractivity contribution in [2.45, 2.75) is 0 Å². The summed E-state index contributed by atoms with van der Waals surface area (Å²) >= 11 is 0. The van der Waals surface area contributed by atoms with Gasteiger partial charge in [-0.3, -0.25) is 9.63 Å². The molecule has 0 aliphatic carbocycles. The molecule has 0 aliphatic rings. The van der Waals surface area contributed by atoms with E-state index in [4.69, 9.17) is 10.8 Å². The molecule has 19 heavy (non-hydrogen) atoms. The standard InChI is InChI=1S/C13H12N2O4/c14-11-6-9-4-2-1-3-8(9)5-10(11)13(18)15-19-7-12(16)17/h1-6H,7,14H2,(H,15,18)(H,16,17). The van der Waals surface area contributed by atoms with Gasteiger partial charge in [0.1, 0.15) is 0 Å². The van der Waals surface area contributed by atoms with Crippen LogP contribution in [0.15, 0.2) is 36.4 Å². The average molecular weight is 260 g/mol. The minimum atomic E-state index is -1.17. The number of carbonyl (C=O) groups excluding carboxylic acids is 1. The van der Waals surface area contributed by atoms with Crippen LogP contribution in [-0.4, -0.2) is 23.6 Å². The highest BCUT2D eigenvalue weighted by atomic mass is 16.7. The second-order valence-corrected chi connectivity index (χ2v) is 3.90. The first kappa shape index (κ1) is 12.8. The highest BCUT2D eigenvalue weighted by Gasteiger charge is 2.11. The van der Waals surface area contributed by atoms with Gasteiger partial charge in [0.2, 0.25) is 0 Å². The van der Waals surface area contributed by atoms with Crippen LogP contribution in [0.3, 0.4) is 0 Å². The molecule has 0 fully saturated rings. The van der Waals surface area contributed by atoms with Crippen LogP contribution < -0.4 is 11.2 Å². The molecule has 6 heteroatoms. The number of carbonyl (C=O) groups is 2. The van der Waals surface area contributed by atoms with Crippen molar-refractivity contribution in [1.82, 2.24) is 5.48 Å². The van der Waals surface area contributed by atoms with Crippen LogP contribution in [0.4, 0.5) is 5.69 Å². The highest BCUT2D eigenvalue weighted by molar-refractivity contribution is 6.03. The number of nitrogen functional groups attached to an aromatic ring is 1. The zero-order valence-electron chi connectivity index (χ0n) is 9.92. The van der Waals surface area contributed by atoms with Crippen LogP contribution in [-0.2, 0) is 9.63 Å². The molecule has 1 amide bonds. The van der Waals surface area contributed by atoms with Gasteiger partial charge in [0.15, 0.2) is 6.61 Å². The molecule has 0 unspecified atom stereocenters. The summed E-state index contributed by atoms with van der Waals surface area (Å²) in [5.41, 5.74) is 8.36. The zero-order valence-corrected chi connectivity index (χ0v) is 9.92. The average Bonchev–Trinajstić information content (AvgIpc) is 2.37. The number of hydrogen-bond acceptors (Lipinski definition) is 4. The first-order valence-corrected chi connectivity index (χ1v) is 5.50. The molecular weight excluding hydrogens is 248 g/mol. The number of carboxylic acids is 1. The number of rotatable bonds is 4. The lowest BCUT2D eigenvalue weighted by molar-refractivity contribution is -0.144. The van der Waals surface area contributed by atoms with Gasteiger partial charge in [0.25, 0.3) is 5.91 Å². The number of benzene rings is 2. The smallest absolute Gasteiger partial charge is 0.332 e. The van der Waals surface area contributed by atoms with Crippen LogP contribution in [0.1, 0.15) is 10.4 Å². The summed E-state index contributed by atoms with van der Waals surface area (Å²) in [6, 6.07) is 10.8. The summed E-state index contributed by atoms with van der Waals surface area (Å²) in [5, 5.41) is 10.2. The van der Waals surface area contributed by atoms with E-state index in [-0.39, 0.29) is 5.56 Å². The Labute approximate surface area is 108 Å². The van der Waals surface area contributed by atoms with Crippen LogP contribution >= 0.6 is 0 Å². The topological polar surface area (TPSA) is 102 Å². The molecule has 0 heterocycles. The Kier molecular flexibility index (Phi) is 3.63. The maximum absolute atomic E-state index is 11.8. The van der Waals surface area contributed by atoms with Gasteiger partial charge in [-0.05, 0) is 22.9 Å². The number of hydrogen-bond donors (Lipinski definition) is 3. The van der Waals surface area contributed by atoms with E-state index in [9.17, 15) is 9.59 Å². The third-order valence-corrected chi connectivity index (χ3v) is 2.52.